The van der Waals surface area contributed by atoms with Gasteiger partial charge in [-0.25, -0.2) is 0 Å². The Kier molecular flexibility index (Phi) is 5.98. The van der Waals surface area contributed by atoms with Gasteiger partial charge in [-0.15, -0.1) is 0 Å². The Morgan fingerprint density at radius 1 is 1.09 bits per heavy atom. The van der Waals surface area contributed by atoms with Gasteiger partial charge in [0.05, 0.1) is 19.3 Å². The second kappa shape index (κ2) is 9.04. The monoisotopic (exact) mass is 434 g/mol. The average Bonchev–Trinajstić information content (AvgIpc) is 3.22. The van der Waals surface area contributed by atoms with Crippen LogP contribution in [0.5, 0.6) is 5.75 Å². The number of ketones is 2. The molecule has 6 heteroatoms. The minimum atomic E-state index is -0.259. The lowest BCUT2D eigenvalue weighted by atomic mass is 9.81. The first-order valence-electron chi connectivity index (χ1n) is 11.6. The first-order chi connectivity index (χ1) is 15.6. The van der Waals surface area contributed by atoms with Crippen LogP contribution in [-0.4, -0.2) is 67.7 Å². The van der Waals surface area contributed by atoms with Crippen LogP contribution < -0.4 is 4.74 Å². The predicted octanol–water partition coefficient (Wildman–Crippen LogP) is 4.01. The van der Waals surface area contributed by atoms with E-state index in [1.807, 2.05) is 18.2 Å². The van der Waals surface area contributed by atoms with Gasteiger partial charge in [-0.1, -0.05) is 6.07 Å². The Morgan fingerprint density at radius 2 is 1.94 bits per heavy atom. The molecule has 0 radical (unpaired) electrons. The maximum Gasteiger partial charge on any atom is 0.147 e. The van der Waals surface area contributed by atoms with Crippen molar-refractivity contribution in [1.82, 2.24) is 9.80 Å². The zero-order valence-electron chi connectivity index (χ0n) is 18.6. The van der Waals surface area contributed by atoms with Crippen molar-refractivity contribution in [2.45, 2.75) is 31.6 Å². The van der Waals surface area contributed by atoms with Crippen LogP contribution >= 0.6 is 0 Å². The number of benzene rings is 2. The van der Waals surface area contributed by atoms with Crippen LogP contribution in [0, 0.1) is 0 Å². The first kappa shape index (κ1) is 21.2. The molecule has 1 aliphatic carbocycles. The summed E-state index contributed by atoms with van der Waals surface area (Å²) >= 11 is 0. The number of Topliss-reactive ketones (excluding diaryl/α,β-unsaturated/α-hetero) is 2. The lowest BCUT2D eigenvalue weighted by molar-refractivity contribution is -0.130. The lowest BCUT2D eigenvalue weighted by Gasteiger charge is -2.32. The van der Waals surface area contributed by atoms with Crippen molar-refractivity contribution in [2.75, 3.05) is 46.4 Å². The molecule has 0 bridgehead atoms. The molecule has 1 aromatic heterocycles. The summed E-state index contributed by atoms with van der Waals surface area (Å²) in [6.45, 7) is 6.30. The lowest BCUT2D eigenvalue weighted by Crippen LogP contribution is -2.44. The number of likely N-dealkylation sites (N-methyl/N-ethyl adjacent to an activating group) is 1. The Labute approximate surface area is 188 Å². The van der Waals surface area contributed by atoms with Crippen LogP contribution in [0.2, 0.25) is 0 Å². The zero-order chi connectivity index (χ0) is 22.1. The van der Waals surface area contributed by atoms with Gasteiger partial charge in [-0.3, -0.25) is 9.59 Å². The summed E-state index contributed by atoms with van der Waals surface area (Å²) in [5.41, 5.74) is 1.68. The maximum absolute atomic E-state index is 12.5. The molecular weight excluding hydrogens is 404 g/mol. The maximum atomic E-state index is 12.5. The third-order valence-electron chi connectivity index (χ3n) is 6.89. The predicted molar refractivity (Wildman–Crippen MR) is 124 cm³/mol. The van der Waals surface area contributed by atoms with Crippen molar-refractivity contribution in [1.29, 1.82) is 0 Å². The summed E-state index contributed by atoms with van der Waals surface area (Å²) in [6, 6.07) is 10.1. The highest BCUT2D eigenvalue weighted by Crippen LogP contribution is 2.38. The number of nitrogens with zero attached hydrogens (tertiary/aromatic N) is 2. The van der Waals surface area contributed by atoms with E-state index in [2.05, 4.69) is 29.0 Å². The molecule has 1 atom stereocenters. The van der Waals surface area contributed by atoms with Crippen LogP contribution in [-0.2, 0) is 9.59 Å². The van der Waals surface area contributed by atoms with Crippen LogP contribution in [0.25, 0.3) is 21.7 Å². The van der Waals surface area contributed by atoms with Gasteiger partial charge in [0.25, 0.3) is 0 Å². The number of rotatable bonds is 6. The van der Waals surface area contributed by atoms with Gasteiger partial charge in [0.1, 0.15) is 22.9 Å². The standard InChI is InChI=1S/C26H30N2O4/c1-27-10-12-28(13-11-27)9-2-14-31-20-5-7-21-18(15-20)3-8-25-26(21)23(17-32-25)22-6-4-19(29)16-24(22)30/h3,5,7-8,15,17,22H,2,4,6,9-14,16H2,1H3/t22-/m0/s1. The molecule has 0 unspecified atom stereocenters. The summed E-state index contributed by atoms with van der Waals surface area (Å²) in [5.74, 6) is 0.643. The molecule has 2 heterocycles. The summed E-state index contributed by atoms with van der Waals surface area (Å²) in [4.78, 5) is 29.0. The minimum Gasteiger partial charge on any atom is -0.494 e. The molecule has 1 saturated heterocycles. The quantitative estimate of drug-likeness (QED) is 0.432. The van der Waals surface area contributed by atoms with Gasteiger partial charge in [0.2, 0.25) is 0 Å². The van der Waals surface area contributed by atoms with Crippen molar-refractivity contribution in [3.05, 3.63) is 42.2 Å². The molecule has 32 heavy (non-hydrogen) atoms. The Balaban J connectivity index is 1.30. The fourth-order valence-corrected chi connectivity index (χ4v) is 4.97. The molecule has 2 fully saturated rings. The van der Waals surface area contributed by atoms with Crippen LogP contribution in [0.1, 0.15) is 37.2 Å². The molecule has 1 saturated carbocycles. The fourth-order valence-electron chi connectivity index (χ4n) is 4.97. The van der Waals surface area contributed by atoms with E-state index in [9.17, 15) is 9.59 Å². The molecule has 0 N–H and O–H groups in total. The van der Waals surface area contributed by atoms with E-state index in [1.54, 1.807) is 6.26 Å². The van der Waals surface area contributed by atoms with E-state index in [1.165, 1.54) is 0 Å². The topological polar surface area (TPSA) is 63.0 Å². The second-order valence-corrected chi connectivity index (χ2v) is 9.13. The fraction of sp³-hybridized carbons (Fsp3) is 0.462. The third kappa shape index (κ3) is 4.30. The highest BCUT2D eigenvalue weighted by molar-refractivity contribution is 6.11. The van der Waals surface area contributed by atoms with Gasteiger partial charge in [-0.05, 0) is 54.9 Å². The van der Waals surface area contributed by atoms with Crippen LogP contribution in [0.4, 0.5) is 0 Å². The molecule has 1 aliphatic heterocycles. The Bertz CT molecular complexity index is 1140. The van der Waals surface area contributed by atoms with E-state index in [-0.39, 0.29) is 23.9 Å². The number of carbonyl (C=O) groups excluding carboxylic acids is 2. The van der Waals surface area contributed by atoms with E-state index in [4.69, 9.17) is 9.15 Å². The summed E-state index contributed by atoms with van der Waals surface area (Å²) in [7, 11) is 2.17. The number of carbonyl (C=O) groups is 2. The number of ether oxygens (including phenoxy) is 1. The number of hydrogen-bond donors (Lipinski definition) is 0. The zero-order valence-corrected chi connectivity index (χ0v) is 18.6. The van der Waals surface area contributed by atoms with Crippen molar-refractivity contribution in [3.63, 3.8) is 0 Å². The highest BCUT2D eigenvalue weighted by Gasteiger charge is 2.31. The Morgan fingerprint density at radius 3 is 2.75 bits per heavy atom. The smallest absolute Gasteiger partial charge is 0.147 e. The average molecular weight is 435 g/mol. The first-order valence-corrected chi connectivity index (χ1v) is 11.6. The summed E-state index contributed by atoms with van der Waals surface area (Å²) < 4.78 is 11.8. The molecule has 5 rings (SSSR count). The van der Waals surface area contributed by atoms with Gasteiger partial charge in [0, 0.05) is 56.0 Å². The molecule has 2 aromatic carbocycles. The molecule has 2 aliphatic rings. The normalized spacial score (nSPS) is 21.0. The van der Waals surface area contributed by atoms with Gasteiger partial charge < -0.3 is 19.0 Å². The van der Waals surface area contributed by atoms with Crippen molar-refractivity contribution >= 4 is 33.3 Å². The largest absolute Gasteiger partial charge is 0.494 e. The molecule has 3 aromatic rings. The van der Waals surface area contributed by atoms with Crippen molar-refractivity contribution in [2.24, 2.45) is 0 Å². The van der Waals surface area contributed by atoms with Crippen molar-refractivity contribution < 1.29 is 18.7 Å². The third-order valence-corrected chi connectivity index (χ3v) is 6.89. The van der Waals surface area contributed by atoms with Crippen LogP contribution in [0.3, 0.4) is 0 Å². The van der Waals surface area contributed by atoms with Gasteiger partial charge in [0.15, 0.2) is 0 Å². The van der Waals surface area contributed by atoms with Gasteiger partial charge >= 0.3 is 0 Å². The van der Waals surface area contributed by atoms with E-state index < -0.39 is 0 Å². The van der Waals surface area contributed by atoms with E-state index >= 15 is 0 Å². The van der Waals surface area contributed by atoms with E-state index in [0.29, 0.717) is 19.4 Å². The number of piperazine rings is 1. The van der Waals surface area contributed by atoms with Gasteiger partial charge in [-0.2, -0.15) is 0 Å². The number of hydrogen-bond acceptors (Lipinski definition) is 6. The summed E-state index contributed by atoms with van der Waals surface area (Å²) in [6.07, 6.45) is 3.77. The second-order valence-electron chi connectivity index (χ2n) is 9.13. The number of furan rings is 1. The molecule has 168 valence electrons. The van der Waals surface area contributed by atoms with E-state index in [0.717, 1.165) is 72.2 Å². The molecular formula is C26H30N2O4. The van der Waals surface area contributed by atoms with Crippen molar-refractivity contribution in [3.8, 4) is 5.75 Å². The molecule has 0 amide bonds. The number of fused-ring (bicyclic) bond motifs is 3. The minimum absolute atomic E-state index is 0.00116. The molecule has 6 nitrogen and oxygen atoms in total. The Hall–Kier alpha value is -2.70. The van der Waals surface area contributed by atoms with Crippen LogP contribution in [0.15, 0.2) is 41.0 Å². The molecule has 0 spiro atoms. The highest BCUT2D eigenvalue weighted by atomic mass is 16.5. The summed E-state index contributed by atoms with van der Waals surface area (Å²) in [5, 5.41) is 3.11. The SMILES string of the molecule is CN1CCN(CCCOc2ccc3c(ccc4occ([C@@H]5CCC(=O)CC5=O)c43)c2)CC1.